The number of halogens is 3. The normalized spacial score (nSPS) is 27.2. The summed E-state index contributed by atoms with van der Waals surface area (Å²) in [6, 6.07) is 4.29. The molecule has 0 saturated carbocycles. The predicted molar refractivity (Wildman–Crippen MR) is 96.0 cm³/mol. The molecule has 4 rings (SSSR count). The van der Waals surface area contributed by atoms with Gasteiger partial charge in [-0.05, 0) is 37.8 Å². The number of alkyl halides is 3. The number of carbonyl (C=O) groups is 2. The summed E-state index contributed by atoms with van der Waals surface area (Å²) in [4.78, 5) is 29.6. The Bertz CT molecular complexity index is 706. The molecule has 0 radical (unpaired) electrons. The summed E-state index contributed by atoms with van der Waals surface area (Å²) in [5.74, 6) is -1.75. The molecular weight excluding hydrogens is 409 g/mol. The number of carboxylic acids is 1. The fraction of sp³-hybridized carbons (Fsp3) is 0.684. The number of rotatable bonds is 3. The topological polar surface area (TPSA) is 92.4 Å². The van der Waals surface area contributed by atoms with Crippen molar-refractivity contribution < 1.29 is 41.9 Å². The van der Waals surface area contributed by atoms with E-state index in [1.165, 1.54) is 0 Å². The van der Waals surface area contributed by atoms with Gasteiger partial charge in [-0.25, -0.2) is 9.86 Å². The number of furan rings is 1. The van der Waals surface area contributed by atoms with E-state index in [2.05, 4.69) is 4.90 Å². The molecule has 4 heterocycles. The molecular formula is C19H25F3N2O6. The summed E-state index contributed by atoms with van der Waals surface area (Å²) in [6.45, 7) is 3.64. The molecule has 30 heavy (non-hydrogen) atoms. The third-order valence-electron chi connectivity index (χ3n) is 5.39. The lowest BCUT2D eigenvalue weighted by Crippen LogP contribution is -2.53. The van der Waals surface area contributed by atoms with Gasteiger partial charge in [-0.1, -0.05) is 0 Å². The number of likely N-dealkylation sites (tertiary alicyclic amines) is 1. The molecule has 3 fully saturated rings. The van der Waals surface area contributed by atoms with E-state index in [0.717, 1.165) is 51.1 Å². The summed E-state index contributed by atoms with van der Waals surface area (Å²) in [5.41, 5.74) is 0. The number of nitrogens with zero attached hydrogens (tertiary/aromatic N) is 2. The van der Waals surface area contributed by atoms with Gasteiger partial charge in [0.2, 0.25) is 0 Å². The van der Waals surface area contributed by atoms with Crippen molar-refractivity contribution in [2.24, 2.45) is 5.92 Å². The molecule has 0 aromatic carbocycles. The molecule has 1 aromatic rings. The SMILES string of the molecule is O=C(O)C(F)(F)F.O=C([C@H]1C[C@H]2OCC[C@H]2N(Cc2ccco2)C1)N1CCCCO1. The number of hydrogen-bond donors (Lipinski definition) is 1. The Kier molecular flexibility index (Phi) is 7.37. The van der Waals surface area contributed by atoms with Crippen LogP contribution in [0.15, 0.2) is 22.8 Å². The molecule has 0 aliphatic carbocycles. The van der Waals surface area contributed by atoms with Crippen molar-refractivity contribution in [2.45, 2.75) is 50.6 Å². The highest BCUT2D eigenvalue weighted by Crippen LogP contribution is 2.33. The lowest BCUT2D eigenvalue weighted by molar-refractivity contribution is -0.204. The van der Waals surface area contributed by atoms with Gasteiger partial charge in [-0.2, -0.15) is 13.2 Å². The second-order valence-corrected chi connectivity index (χ2v) is 7.49. The number of piperidine rings is 1. The van der Waals surface area contributed by atoms with Crippen LogP contribution < -0.4 is 0 Å². The van der Waals surface area contributed by atoms with Crippen LogP contribution in [0.1, 0.15) is 31.4 Å². The lowest BCUT2D eigenvalue weighted by atomic mass is 9.89. The van der Waals surface area contributed by atoms with Gasteiger partial charge in [-0.15, -0.1) is 0 Å². The van der Waals surface area contributed by atoms with E-state index in [9.17, 15) is 18.0 Å². The second kappa shape index (κ2) is 9.80. The van der Waals surface area contributed by atoms with Crippen molar-refractivity contribution in [3.8, 4) is 0 Å². The third-order valence-corrected chi connectivity index (χ3v) is 5.39. The van der Waals surface area contributed by atoms with Crippen LogP contribution in [0.25, 0.3) is 0 Å². The second-order valence-electron chi connectivity index (χ2n) is 7.49. The number of hydroxylamine groups is 2. The van der Waals surface area contributed by atoms with E-state index < -0.39 is 12.1 Å². The number of ether oxygens (including phenoxy) is 1. The van der Waals surface area contributed by atoms with Gasteiger partial charge in [0.25, 0.3) is 5.91 Å². The quantitative estimate of drug-likeness (QED) is 0.781. The highest BCUT2D eigenvalue weighted by molar-refractivity contribution is 5.78. The molecule has 11 heteroatoms. The maximum atomic E-state index is 12.8. The maximum absolute atomic E-state index is 12.8. The van der Waals surface area contributed by atoms with Crippen LogP contribution in [0.2, 0.25) is 0 Å². The molecule has 3 aliphatic heterocycles. The van der Waals surface area contributed by atoms with Crippen LogP contribution in [0.3, 0.4) is 0 Å². The van der Waals surface area contributed by atoms with Crippen LogP contribution in [0.5, 0.6) is 0 Å². The van der Waals surface area contributed by atoms with Crippen LogP contribution >= 0.6 is 0 Å². The molecule has 8 nitrogen and oxygen atoms in total. The zero-order valence-electron chi connectivity index (χ0n) is 16.3. The van der Waals surface area contributed by atoms with Gasteiger partial charge < -0.3 is 14.3 Å². The van der Waals surface area contributed by atoms with Gasteiger partial charge in [0.1, 0.15) is 5.76 Å². The monoisotopic (exact) mass is 434 g/mol. The van der Waals surface area contributed by atoms with Crippen LogP contribution in [0, 0.1) is 5.92 Å². The van der Waals surface area contributed by atoms with E-state index >= 15 is 0 Å². The fourth-order valence-electron chi connectivity index (χ4n) is 3.99. The first-order valence-corrected chi connectivity index (χ1v) is 9.88. The average Bonchev–Trinajstić information content (AvgIpc) is 3.39. The summed E-state index contributed by atoms with van der Waals surface area (Å²) in [7, 11) is 0. The molecule has 0 unspecified atom stereocenters. The molecule has 1 amide bonds. The Morgan fingerprint density at radius 3 is 2.60 bits per heavy atom. The van der Waals surface area contributed by atoms with E-state index in [0.29, 0.717) is 19.2 Å². The largest absolute Gasteiger partial charge is 0.490 e. The first-order valence-electron chi connectivity index (χ1n) is 9.88. The van der Waals surface area contributed by atoms with E-state index in [1.807, 2.05) is 12.1 Å². The van der Waals surface area contributed by atoms with Crippen molar-refractivity contribution in [1.82, 2.24) is 9.96 Å². The summed E-state index contributed by atoms with van der Waals surface area (Å²) >= 11 is 0. The molecule has 0 spiro atoms. The van der Waals surface area contributed by atoms with Gasteiger partial charge in [0.05, 0.1) is 31.4 Å². The number of carboxylic acid groups (broad SMARTS) is 1. The smallest absolute Gasteiger partial charge is 0.475 e. The van der Waals surface area contributed by atoms with Crippen LogP contribution in [0.4, 0.5) is 13.2 Å². The molecule has 3 saturated heterocycles. The number of aliphatic carboxylic acids is 1. The molecule has 1 aromatic heterocycles. The molecule has 3 aliphatic rings. The summed E-state index contributed by atoms with van der Waals surface area (Å²) in [5, 5.41) is 8.70. The third kappa shape index (κ3) is 5.73. The van der Waals surface area contributed by atoms with E-state index in [4.69, 9.17) is 23.9 Å². The van der Waals surface area contributed by atoms with Gasteiger partial charge in [0, 0.05) is 25.7 Å². The van der Waals surface area contributed by atoms with Gasteiger partial charge in [-0.3, -0.25) is 14.5 Å². The fourth-order valence-corrected chi connectivity index (χ4v) is 3.99. The van der Waals surface area contributed by atoms with Gasteiger partial charge in [0.15, 0.2) is 0 Å². The van der Waals surface area contributed by atoms with Crippen molar-refractivity contribution in [3.05, 3.63) is 24.2 Å². The molecule has 0 bridgehead atoms. The molecule has 168 valence electrons. The Hall–Kier alpha value is -2.11. The Balaban J connectivity index is 0.000000318. The minimum atomic E-state index is -5.08. The Morgan fingerprint density at radius 2 is 2.00 bits per heavy atom. The zero-order chi connectivity index (χ0) is 21.7. The van der Waals surface area contributed by atoms with Crippen molar-refractivity contribution >= 4 is 11.9 Å². The Labute approximate surface area is 171 Å². The maximum Gasteiger partial charge on any atom is 0.490 e. The van der Waals surface area contributed by atoms with Crippen LogP contribution in [-0.2, 0) is 25.7 Å². The minimum absolute atomic E-state index is 0.0533. The lowest BCUT2D eigenvalue weighted by Gasteiger charge is -2.41. The van der Waals surface area contributed by atoms with Crippen molar-refractivity contribution in [2.75, 3.05) is 26.3 Å². The first-order chi connectivity index (χ1) is 14.3. The highest BCUT2D eigenvalue weighted by Gasteiger charge is 2.43. The molecule has 1 N–H and O–H groups in total. The van der Waals surface area contributed by atoms with E-state index in [-0.39, 0.29) is 17.9 Å². The number of carbonyl (C=O) groups excluding carboxylic acids is 1. The minimum Gasteiger partial charge on any atom is -0.475 e. The van der Waals surface area contributed by atoms with E-state index in [1.54, 1.807) is 11.3 Å². The zero-order valence-corrected chi connectivity index (χ0v) is 16.3. The number of amides is 1. The highest BCUT2D eigenvalue weighted by atomic mass is 19.4. The molecule has 3 atom stereocenters. The standard InChI is InChI=1S/C17H24N2O4.C2HF3O2/c20-17(19-6-1-2-8-23-19)13-10-16-15(5-9-22-16)18(11-13)12-14-4-3-7-21-14;3-2(4,5)1(6)7/h3-4,7,13,15-16H,1-2,5-6,8-12H2;(H,6,7)/t13-,15+,16+;/m0./s1. The van der Waals surface area contributed by atoms with Crippen molar-refractivity contribution in [1.29, 1.82) is 0 Å². The Morgan fingerprint density at radius 1 is 1.23 bits per heavy atom. The number of fused-ring (bicyclic) bond motifs is 1. The summed E-state index contributed by atoms with van der Waals surface area (Å²) < 4.78 is 43.1. The van der Waals surface area contributed by atoms with Gasteiger partial charge >= 0.3 is 12.1 Å². The number of hydrogen-bond acceptors (Lipinski definition) is 6. The van der Waals surface area contributed by atoms with Crippen molar-refractivity contribution in [3.63, 3.8) is 0 Å². The summed E-state index contributed by atoms with van der Waals surface area (Å²) in [6.07, 6.45) is 0.665. The average molecular weight is 434 g/mol. The van der Waals surface area contributed by atoms with Crippen LogP contribution in [-0.4, -0.2) is 71.6 Å². The predicted octanol–water partition coefficient (Wildman–Crippen LogP) is 2.45. The first kappa shape index (κ1) is 22.6.